The molecular weight excluding hydrogens is 442 g/mol. The standard InChI is InChI=1S/C23H30ClN7O2/c1-14-12-25-20-15(2)18(8-11-31(14)20)28-21-26-13-17(24)19(29-21)27-16-6-9-30(10-7-16)22(32)33-23(3,4)5/h8,11-13,16H,6-7,9-10H2,1-5H3,(H2,26,27,28,29). The maximum atomic E-state index is 12.3. The van der Waals surface area contributed by atoms with Crippen molar-refractivity contribution >= 4 is 40.8 Å². The Bertz CT molecular complexity index is 1160. The van der Waals surface area contributed by atoms with Gasteiger partial charge in [-0.05, 0) is 53.5 Å². The molecule has 0 bridgehead atoms. The number of hydrogen-bond donors (Lipinski definition) is 2. The maximum Gasteiger partial charge on any atom is 0.410 e. The number of rotatable bonds is 4. The van der Waals surface area contributed by atoms with Crippen LogP contribution in [0.1, 0.15) is 44.9 Å². The minimum atomic E-state index is -0.497. The average Bonchev–Trinajstić information content (AvgIpc) is 3.13. The van der Waals surface area contributed by atoms with Gasteiger partial charge in [-0.15, -0.1) is 0 Å². The lowest BCUT2D eigenvalue weighted by Gasteiger charge is -2.34. The van der Waals surface area contributed by atoms with E-state index in [4.69, 9.17) is 16.3 Å². The molecule has 176 valence electrons. The first-order valence-electron chi connectivity index (χ1n) is 11.1. The van der Waals surface area contributed by atoms with Gasteiger partial charge in [0.15, 0.2) is 5.82 Å². The van der Waals surface area contributed by atoms with E-state index < -0.39 is 5.60 Å². The number of halogens is 1. The van der Waals surface area contributed by atoms with Crippen molar-refractivity contribution in [3.05, 3.63) is 40.9 Å². The van der Waals surface area contributed by atoms with Crippen LogP contribution in [0.5, 0.6) is 0 Å². The predicted octanol–water partition coefficient (Wildman–Crippen LogP) is 4.95. The van der Waals surface area contributed by atoms with Gasteiger partial charge in [-0.2, -0.15) is 4.98 Å². The summed E-state index contributed by atoms with van der Waals surface area (Å²) in [6.45, 7) is 10.9. The molecule has 3 aromatic heterocycles. The molecule has 33 heavy (non-hydrogen) atoms. The van der Waals surface area contributed by atoms with Crippen molar-refractivity contribution in [3.63, 3.8) is 0 Å². The molecule has 1 amide bonds. The molecule has 9 nitrogen and oxygen atoms in total. The summed E-state index contributed by atoms with van der Waals surface area (Å²) in [5.74, 6) is 1.02. The summed E-state index contributed by atoms with van der Waals surface area (Å²) in [4.78, 5) is 27.4. The lowest BCUT2D eigenvalue weighted by Crippen LogP contribution is -2.44. The zero-order valence-corrected chi connectivity index (χ0v) is 20.4. The predicted molar refractivity (Wildman–Crippen MR) is 129 cm³/mol. The minimum Gasteiger partial charge on any atom is -0.444 e. The third kappa shape index (κ3) is 5.30. The summed E-state index contributed by atoms with van der Waals surface area (Å²) in [6, 6.07) is 2.13. The van der Waals surface area contributed by atoms with Crippen LogP contribution in [0.25, 0.3) is 5.65 Å². The van der Waals surface area contributed by atoms with Crippen molar-refractivity contribution < 1.29 is 9.53 Å². The summed E-state index contributed by atoms with van der Waals surface area (Å²) in [7, 11) is 0. The van der Waals surface area contributed by atoms with Crippen LogP contribution >= 0.6 is 11.6 Å². The second-order valence-electron chi connectivity index (χ2n) is 9.35. The molecule has 0 atom stereocenters. The molecular formula is C23H30ClN7O2. The van der Waals surface area contributed by atoms with Gasteiger partial charge >= 0.3 is 6.09 Å². The van der Waals surface area contributed by atoms with E-state index in [0.29, 0.717) is 29.9 Å². The van der Waals surface area contributed by atoms with Gasteiger partial charge in [0, 0.05) is 48.5 Å². The van der Waals surface area contributed by atoms with Crippen LogP contribution in [-0.4, -0.2) is 55.1 Å². The Kier molecular flexibility index (Phi) is 6.34. The van der Waals surface area contributed by atoms with Gasteiger partial charge in [0.1, 0.15) is 16.3 Å². The number of anilines is 3. The Hall–Kier alpha value is -3.07. The Balaban J connectivity index is 1.41. The van der Waals surface area contributed by atoms with Crippen LogP contribution in [0.15, 0.2) is 24.7 Å². The molecule has 10 heteroatoms. The first-order valence-corrected chi connectivity index (χ1v) is 11.5. The van der Waals surface area contributed by atoms with Gasteiger partial charge in [-0.25, -0.2) is 14.8 Å². The fraction of sp³-hybridized carbons (Fsp3) is 0.478. The number of nitrogens with one attached hydrogen (secondary N) is 2. The third-order valence-electron chi connectivity index (χ3n) is 5.59. The number of nitrogens with zero attached hydrogens (tertiary/aromatic N) is 5. The molecule has 2 N–H and O–H groups in total. The molecule has 1 aliphatic rings. The molecule has 1 fully saturated rings. The third-order valence-corrected chi connectivity index (χ3v) is 5.87. The first-order chi connectivity index (χ1) is 15.6. The number of carbonyl (C=O) groups is 1. The lowest BCUT2D eigenvalue weighted by molar-refractivity contribution is 0.0210. The van der Waals surface area contributed by atoms with E-state index in [-0.39, 0.29) is 12.1 Å². The number of piperidine rings is 1. The Morgan fingerprint density at radius 3 is 2.61 bits per heavy atom. The highest BCUT2D eigenvalue weighted by atomic mass is 35.5. The molecule has 0 aliphatic carbocycles. The van der Waals surface area contributed by atoms with Crippen LogP contribution in [0.2, 0.25) is 5.02 Å². The number of aryl methyl sites for hydroxylation is 2. The Morgan fingerprint density at radius 2 is 1.91 bits per heavy atom. The number of fused-ring (bicyclic) bond motifs is 1. The molecule has 3 aromatic rings. The second kappa shape index (κ2) is 9.05. The van der Waals surface area contributed by atoms with Crippen LogP contribution in [0.3, 0.4) is 0 Å². The van der Waals surface area contributed by atoms with E-state index in [1.165, 1.54) is 0 Å². The fourth-order valence-electron chi connectivity index (χ4n) is 3.82. The molecule has 0 saturated carbocycles. The van der Waals surface area contributed by atoms with Crippen LogP contribution < -0.4 is 10.6 Å². The van der Waals surface area contributed by atoms with Crippen molar-refractivity contribution in [3.8, 4) is 0 Å². The smallest absolute Gasteiger partial charge is 0.410 e. The number of hydrogen-bond acceptors (Lipinski definition) is 7. The SMILES string of the molecule is Cc1c(Nc2ncc(Cl)c(NC3CCN(C(=O)OC(C)(C)C)CC3)n2)ccn2c(C)cnc12. The summed E-state index contributed by atoms with van der Waals surface area (Å²) in [6.07, 6.45) is 6.69. The molecule has 1 aliphatic heterocycles. The first kappa shape index (κ1) is 23.1. The summed E-state index contributed by atoms with van der Waals surface area (Å²) >= 11 is 6.37. The van der Waals surface area contributed by atoms with Crippen molar-refractivity contribution in [2.45, 2.75) is 59.1 Å². The molecule has 1 saturated heterocycles. The van der Waals surface area contributed by atoms with Gasteiger partial charge in [0.25, 0.3) is 0 Å². The molecule has 4 rings (SSSR count). The molecule has 4 heterocycles. The topological polar surface area (TPSA) is 96.7 Å². The number of pyridine rings is 1. The second-order valence-corrected chi connectivity index (χ2v) is 9.76. The highest BCUT2D eigenvalue weighted by Crippen LogP contribution is 2.27. The maximum absolute atomic E-state index is 12.3. The largest absolute Gasteiger partial charge is 0.444 e. The van der Waals surface area contributed by atoms with Gasteiger partial charge in [-0.1, -0.05) is 11.6 Å². The quantitative estimate of drug-likeness (QED) is 0.555. The highest BCUT2D eigenvalue weighted by molar-refractivity contribution is 6.32. The normalized spacial score (nSPS) is 15.0. The van der Waals surface area contributed by atoms with Crippen molar-refractivity contribution in [1.82, 2.24) is 24.3 Å². The molecule has 0 radical (unpaired) electrons. The number of amides is 1. The van der Waals surface area contributed by atoms with E-state index >= 15 is 0 Å². The van der Waals surface area contributed by atoms with E-state index in [1.807, 2.05) is 57.5 Å². The van der Waals surface area contributed by atoms with Crippen molar-refractivity contribution in [2.24, 2.45) is 0 Å². The highest BCUT2D eigenvalue weighted by Gasteiger charge is 2.27. The van der Waals surface area contributed by atoms with Gasteiger partial charge < -0.3 is 24.7 Å². The number of aromatic nitrogens is 4. The fourth-order valence-corrected chi connectivity index (χ4v) is 3.96. The van der Waals surface area contributed by atoms with E-state index in [2.05, 4.69) is 25.6 Å². The van der Waals surface area contributed by atoms with Crippen LogP contribution in [0.4, 0.5) is 22.2 Å². The number of imidazole rings is 1. The van der Waals surface area contributed by atoms with Crippen molar-refractivity contribution in [2.75, 3.05) is 23.7 Å². The monoisotopic (exact) mass is 471 g/mol. The minimum absolute atomic E-state index is 0.148. The van der Waals surface area contributed by atoms with Crippen LogP contribution in [-0.2, 0) is 4.74 Å². The van der Waals surface area contributed by atoms with Gasteiger partial charge in [0.05, 0.1) is 6.20 Å². The van der Waals surface area contributed by atoms with E-state index in [0.717, 1.165) is 35.4 Å². The zero-order chi connectivity index (χ0) is 23.8. The number of ether oxygens (including phenoxy) is 1. The average molecular weight is 472 g/mol. The lowest BCUT2D eigenvalue weighted by atomic mass is 10.1. The Morgan fingerprint density at radius 1 is 1.18 bits per heavy atom. The molecule has 0 unspecified atom stereocenters. The van der Waals surface area contributed by atoms with E-state index in [9.17, 15) is 4.79 Å². The van der Waals surface area contributed by atoms with Gasteiger partial charge in [-0.3, -0.25) is 0 Å². The van der Waals surface area contributed by atoms with Crippen molar-refractivity contribution in [1.29, 1.82) is 0 Å². The summed E-state index contributed by atoms with van der Waals surface area (Å²) in [5, 5.41) is 7.14. The summed E-state index contributed by atoms with van der Waals surface area (Å²) < 4.78 is 7.51. The number of carbonyl (C=O) groups excluding carboxylic acids is 1. The molecule has 0 aromatic carbocycles. The van der Waals surface area contributed by atoms with E-state index in [1.54, 1.807) is 11.1 Å². The zero-order valence-electron chi connectivity index (χ0n) is 19.6. The van der Waals surface area contributed by atoms with Crippen LogP contribution in [0, 0.1) is 13.8 Å². The molecule has 0 spiro atoms. The summed E-state index contributed by atoms with van der Waals surface area (Å²) in [5.41, 5.74) is 3.36. The van der Waals surface area contributed by atoms with Gasteiger partial charge in [0.2, 0.25) is 5.95 Å². The number of likely N-dealkylation sites (tertiary alicyclic amines) is 1. The Labute approximate surface area is 198 Å².